The molecule has 0 atom stereocenters. The van der Waals surface area contributed by atoms with Gasteiger partial charge in [-0.25, -0.2) is 0 Å². The van der Waals surface area contributed by atoms with Gasteiger partial charge in [-0.15, -0.1) is 0 Å². The van der Waals surface area contributed by atoms with Crippen molar-refractivity contribution >= 4 is 53.2 Å². The summed E-state index contributed by atoms with van der Waals surface area (Å²) in [5.41, 5.74) is -0.991. The lowest BCUT2D eigenvalue weighted by Gasteiger charge is -2.34. The van der Waals surface area contributed by atoms with E-state index in [2.05, 4.69) is 103 Å². The molecule has 0 aromatic carbocycles. The van der Waals surface area contributed by atoms with E-state index >= 15 is 0 Å². The molecule has 21 nitrogen and oxygen atoms in total. The van der Waals surface area contributed by atoms with Crippen LogP contribution in [-0.4, -0.2) is 151 Å². The molecule has 0 aromatic rings. The Bertz CT molecular complexity index is 1950. The summed E-state index contributed by atoms with van der Waals surface area (Å²) >= 11 is 0. The molecule has 0 heterocycles. The molecular weight excluding hydrogens is 1170 g/mol. The van der Waals surface area contributed by atoms with Gasteiger partial charge in [0.1, 0.15) is 5.54 Å². The minimum Gasteiger partial charge on any atom is -0.378 e. The monoisotopic (exact) mass is 1300 g/mol. The lowest BCUT2D eigenvalue weighted by atomic mass is 9.87. The van der Waals surface area contributed by atoms with Crippen molar-refractivity contribution in [2.75, 3.05) is 92.0 Å². The molecule has 0 saturated carbocycles. The smallest absolute Gasteiger partial charge is 0.243 e. The number of unbranched alkanes of at least 4 members (excludes halogenated alkanes) is 16. The minimum atomic E-state index is -1.25. The van der Waals surface area contributed by atoms with E-state index in [1.54, 1.807) is 6.08 Å². The molecule has 0 unspecified atom stereocenters. The molecule has 0 fully saturated rings. The Kier molecular flexibility index (Phi) is 55.2. The third-order valence-corrected chi connectivity index (χ3v) is 15.7. The summed E-state index contributed by atoms with van der Waals surface area (Å²) in [5.74, 6) is -0.882. The highest BCUT2D eigenvalue weighted by molar-refractivity contribution is 5.87. The van der Waals surface area contributed by atoms with Crippen LogP contribution in [0.1, 0.15) is 280 Å². The van der Waals surface area contributed by atoms with E-state index in [1.165, 1.54) is 0 Å². The van der Waals surface area contributed by atoms with Gasteiger partial charge in [-0.1, -0.05) is 158 Å². The number of carbonyl (C=O) groups excluding carboxylic acids is 9. The zero-order valence-electron chi connectivity index (χ0n) is 59.2. The summed E-state index contributed by atoms with van der Waals surface area (Å²) in [4.78, 5) is 114. The topological polar surface area (TPSA) is 290 Å². The maximum atomic E-state index is 13.8. The molecular formula is C71H133N9O12. The second-order valence-corrected chi connectivity index (χ2v) is 26.9. The van der Waals surface area contributed by atoms with Gasteiger partial charge in [0.05, 0.1) is 39.6 Å². The summed E-state index contributed by atoms with van der Waals surface area (Å²) in [6.45, 7) is 20.8. The molecule has 21 heteroatoms. The maximum absolute atomic E-state index is 13.8. The number of carbonyl (C=O) groups is 9. The summed E-state index contributed by atoms with van der Waals surface area (Å²) in [6, 6.07) is 0. The van der Waals surface area contributed by atoms with Gasteiger partial charge in [0.2, 0.25) is 53.2 Å². The number of ether oxygens (including phenoxy) is 3. The van der Waals surface area contributed by atoms with Crippen LogP contribution in [0.25, 0.3) is 0 Å². The fraction of sp³-hybridized carbons (Fsp3) is 0.845. The third-order valence-electron chi connectivity index (χ3n) is 15.7. The van der Waals surface area contributed by atoms with Crippen molar-refractivity contribution in [3.8, 4) is 0 Å². The first-order valence-electron chi connectivity index (χ1n) is 36.0. The second kappa shape index (κ2) is 58.4. The largest absolute Gasteiger partial charge is 0.378 e. The maximum Gasteiger partial charge on any atom is 0.243 e. The van der Waals surface area contributed by atoms with Gasteiger partial charge in [-0.3, -0.25) is 43.2 Å². The van der Waals surface area contributed by atoms with Crippen molar-refractivity contribution in [2.24, 2.45) is 10.8 Å². The van der Waals surface area contributed by atoms with E-state index in [0.717, 1.165) is 148 Å². The van der Waals surface area contributed by atoms with E-state index in [4.69, 9.17) is 14.2 Å². The molecule has 0 aromatic heterocycles. The molecule has 0 radical (unpaired) electrons. The van der Waals surface area contributed by atoms with Crippen molar-refractivity contribution in [1.29, 1.82) is 0 Å². The van der Waals surface area contributed by atoms with Crippen molar-refractivity contribution < 1.29 is 57.4 Å². The lowest BCUT2D eigenvalue weighted by molar-refractivity contribution is -0.130. The molecule has 0 spiro atoms. The first-order valence-corrected chi connectivity index (χ1v) is 36.0. The molecule has 0 bridgehead atoms. The van der Waals surface area contributed by atoms with Crippen LogP contribution in [0.4, 0.5) is 0 Å². The molecule has 0 aliphatic rings. The number of hydrogen-bond donors (Lipinski definition) is 9. The molecule has 0 rings (SSSR count). The van der Waals surface area contributed by atoms with E-state index in [0.29, 0.717) is 104 Å². The summed E-state index contributed by atoms with van der Waals surface area (Å²) in [6.07, 6.45) is 30.9. The van der Waals surface area contributed by atoms with Gasteiger partial charge < -0.3 is 62.1 Å². The summed E-state index contributed by atoms with van der Waals surface area (Å²) in [7, 11) is 0. The standard InChI is InChI=1S/C71H133N9O12/c1-9-12-23-34-60(81)74-48-31-51-77-65(86)40-54-90-57-71(58-91-55-41-66(87)78-52-32-49-75-61(82)35-24-13-10-2,59-92-56-42-67(88)79-53-33-50-76-63(84)37-27-28-43-69(4,5)6)80-68(89)38-26-20-18-16-15-17-19-25-36-62(83)72-46-29-21-22-30-47-73-64(85)39-45-70(7,8)44-14-11-3/h39,45H,9-38,40-44,46-59H2,1-8H3,(H,72,83)(H,73,85)(H,74,81)(H,75,82)(H,76,84)(H,77,86)(H,78,87)(H,79,88)(H,80,89)/b45-39+. The Morgan fingerprint density at radius 1 is 0.304 bits per heavy atom. The Labute approximate surface area is 556 Å². The highest BCUT2D eigenvalue weighted by Crippen LogP contribution is 2.25. The first kappa shape index (κ1) is 86.9. The molecule has 0 saturated heterocycles. The fourth-order valence-corrected chi connectivity index (χ4v) is 9.90. The van der Waals surface area contributed by atoms with Crippen LogP contribution in [0.3, 0.4) is 0 Å². The number of amides is 9. The summed E-state index contributed by atoms with van der Waals surface area (Å²) in [5, 5.41) is 26.5. The van der Waals surface area contributed by atoms with E-state index in [-0.39, 0.29) is 129 Å². The fourth-order valence-electron chi connectivity index (χ4n) is 9.90. The van der Waals surface area contributed by atoms with Crippen LogP contribution >= 0.6 is 0 Å². The van der Waals surface area contributed by atoms with Gasteiger partial charge in [0.25, 0.3) is 0 Å². The minimum absolute atomic E-state index is 0.00466. The molecule has 9 N–H and O–H groups in total. The van der Waals surface area contributed by atoms with E-state index in [1.807, 2.05) is 6.08 Å². The molecule has 0 aliphatic carbocycles. The van der Waals surface area contributed by atoms with E-state index < -0.39 is 5.54 Å². The predicted octanol–water partition coefficient (Wildman–Crippen LogP) is 10.2. The number of nitrogens with one attached hydrogen (secondary N) is 9. The number of hydrogen-bond acceptors (Lipinski definition) is 12. The molecule has 9 amide bonds. The highest BCUT2D eigenvalue weighted by Gasteiger charge is 2.34. The Hall–Kier alpha value is -5.15. The average Bonchev–Trinajstić information content (AvgIpc) is 1.30. The van der Waals surface area contributed by atoms with Gasteiger partial charge in [-0.2, -0.15) is 0 Å². The zero-order chi connectivity index (χ0) is 68.2. The van der Waals surface area contributed by atoms with Crippen LogP contribution in [0, 0.1) is 10.8 Å². The van der Waals surface area contributed by atoms with Crippen molar-refractivity contribution in [2.45, 2.75) is 286 Å². The van der Waals surface area contributed by atoms with Gasteiger partial charge in [0.15, 0.2) is 0 Å². The van der Waals surface area contributed by atoms with Gasteiger partial charge >= 0.3 is 0 Å². The lowest BCUT2D eigenvalue weighted by Crippen LogP contribution is -2.58. The Morgan fingerprint density at radius 2 is 0.598 bits per heavy atom. The molecule has 534 valence electrons. The normalized spacial score (nSPS) is 11.7. The average molecular weight is 1300 g/mol. The molecule has 92 heavy (non-hydrogen) atoms. The Morgan fingerprint density at radius 3 is 0.957 bits per heavy atom. The third kappa shape index (κ3) is 58.7. The first-order chi connectivity index (χ1) is 44.1. The van der Waals surface area contributed by atoms with Gasteiger partial charge in [0, 0.05) is 104 Å². The van der Waals surface area contributed by atoms with Crippen LogP contribution in [0.15, 0.2) is 12.2 Å². The zero-order valence-corrected chi connectivity index (χ0v) is 59.2. The number of allylic oxidation sites excluding steroid dienone is 1. The highest BCUT2D eigenvalue weighted by atomic mass is 16.5. The van der Waals surface area contributed by atoms with Gasteiger partial charge in [-0.05, 0) is 94.0 Å². The molecule has 0 aliphatic heterocycles. The SMILES string of the molecule is CCCCCC(=O)NCCCNC(=O)CCOCC(COCCC(=O)NCCCNC(=O)CCCCC)(COCCC(=O)NCCCNC(=O)CCCCC(C)(C)C)NC(=O)CCCCCCCCCCC(=O)NCCCCCCNC(=O)/C=C/C(C)(C)CCCC. The van der Waals surface area contributed by atoms with Crippen LogP contribution < -0.4 is 47.9 Å². The van der Waals surface area contributed by atoms with Crippen LogP contribution in [0.5, 0.6) is 0 Å². The van der Waals surface area contributed by atoms with Crippen molar-refractivity contribution in [3.63, 3.8) is 0 Å². The van der Waals surface area contributed by atoms with Crippen molar-refractivity contribution in [1.82, 2.24) is 47.9 Å². The quantitative estimate of drug-likeness (QED) is 0.0203. The second-order valence-electron chi connectivity index (χ2n) is 26.9. The Balaban J connectivity index is 5.40. The van der Waals surface area contributed by atoms with Crippen LogP contribution in [0.2, 0.25) is 0 Å². The predicted molar refractivity (Wildman–Crippen MR) is 368 cm³/mol. The summed E-state index contributed by atoms with van der Waals surface area (Å²) < 4.78 is 18.3. The van der Waals surface area contributed by atoms with Crippen LogP contribution in [-0.2, 0) is 57.4 Å². The van der Waals surface area contributed by atoms with E-state index in [9.17, 15) is 43.2 Å². The van der Waals surface area contributed by atoms with Crippen molar-refractivity contribution in [3.05, 3.63) is 12.2 Å². The number of rotatable bonds is 63.